The molecule has 0 spiro atoms. The maximum absolute atomic E-state index is 5.76. The van der Waals surface area contributed by atoms with Gasteiger partial charge < -0.3 is 10.6 Å². The monoisotopic (exact) mass is 178 g/mol. The van der Waals surface area contributed by atoms with Gasteiger partial charge >= 0.3 is 0 Å². The van der Waals surface area contributed by atoms with Crippen molar-refractivity contribution in [2.75, 3.05) is 12.8 Å². The Balaban J connectivity index is 2.45. The van der Waals surface area contributed by atoms with Gasteiger partial charge in [-0.25, -0.2) is 0 Å². The molecular weight excluding hydrogens is 164 g/mol. The summed E-state index contributed by atoms with van der Waals surface area (Å²) in [6.07, 6.45) is 3.49. The van der Waals surface area contributed by atoms with Crippen molar-refractivity contribution in [3.05, 3.63) is 29.8 Å². The molecule has 3 nitrogen and oxygen atoms in total. The highest BCUT2D eigenvalue weighted by atomic mass is 16.6. The van der Waals surface area contributed by atoms with Gasteiger partial charge in [-0.15, -0.1) is 0 Å². The topological polar surface area (TPSA) is 47.6 Å². The third kappa shape index (κ3) is 3.15. The fraction of sp³-hybridized carbons (Fsp3) is 0.300. The van der Waals surface area contributed by atoms with Crippen LogP contribution in [0.3, 0.4) is 0 Å². The highest BCUT2D eigenvalue weighted by Crippen LogP contribution is 2.11. The molecule has 0 heterocycles. The Bertz CT molecular complexity index is 284. The molecule has 0 unspecified atom stereocenters. The van der Waals surface area contributed by atoms with E-state index in [0.717, 1.165) is 24.1 Å². The first-order valence-electron chi connectivity index (χ1n) is 4.23. The van der Waals surface area contributed by atoms with E-state index in [4.69, 9.17) is 5.73 Å². The van der Waals surface area contributed by atoms with Crippen LogP contribution in [0.4, 0.5) is 5.69 Å². The van der Waals surface area contributed by atoms with Crippen molar-refractivity contribution in [2.45, 2.75) is 12.8 Å². The van der Waals surface area contributed by atoms with Crippen LogP contribution in [0.1, 0.15) is 12.0 Å². The number of oxime groups is 1. The average molecular weight is 178 g/mol. The Morgan fingerprint density at radius 1 is 1.46 bits per heavy atom. The molecule has 1 rings (SSSR count). The van der Waals surface area contributed by atoms with Crippen LogP contribution in [-0.2, 0) is 11.3 Å². The Labute approximate surface area is 78.2 Å². The number of nitrogen functional groups attached to an aromatic ring is 1. The summed E-state index contributed by atoms with van der Waals surface area (Å²) in [5, 5.41) is 3.65. The molecule has 0 aromatic heterocycles. The number of hydrogen-bond donors (Lipinski definition) is 1. The zero-order chi connectivity index (χ0) is 9.52. The Morgan fingerprint density at radius 3 is 2.92 bits per heavy atom. The summed E-state index contributed by atoms with van der Waals surface area (Å²) in [5.41, 5.74) is 7.76. The van der Waals surface area contributed by atoms with Crippen LogP contribution >= 0.6 is 0 Å². The molecule has 0 aliphatic heterocycles. The maximum Gasteiger partial charge on any atom is 0.106 e. The smallest absolute Gasteiger partial charge is 0.106 e. The first-order valence-corrected chi connectivity index (χ1v) is 4.23. The van der Waals surface area contributed by atoms with Crippen LogP contribution in [0.5, 0.6) is 0 Å². The van der Waals surface area contributed by atoms with E-state index < -0.39 is 0 Å². The zero-order valence-electron chi connectivity index (χ0n) is 7.73. The van der Waals surface area contributed by atoms with E-state index in [9.17, 15) is 0 Å². The fourth-order valence-electron chi connectivity index (χ4n) is 1.11. The summed E-state index contributed by atoms with van der Waals surface area (Å²) in [7, 11) is 1.54. The number of para-hydroxylation sites is 1. The maximum atomic E-state index is 5.76. The first kappa shape index (κ1) is 9.58. The predicted octanol–water partition coefficient (Wildman–Crippen LogP) is 1.83. The molecule has 0 saturated carbocycles. The van der Waals surface area contributed by atoms with Crippen LogP contribution in [0.25, 0.3) is 0 Å². The van der Waals surface area contributed by atoms with E-state index in [1.807, 2.05) is 24.3 Å². The lowest BCUT2D eigenvalue weighted by atomic mass is 10.1. The van der Waals surface area contributed by atoms with Crippen molar-refractivity contribution in [3.63, 3.8) is 0 Å². The molecule has 0 saturated heterocycles. The molecule has 2 N–H and O–H groups in total. The molecule has 0 radical (unpaired) electrons. The largest absolute Gasteiger partial charge is 0.399 e. The van der Waals surface area contributed by atoms with Crippen LogP contribution in [0, 0.1) is 0 Å². The summed E-state index contributed by atoms with van der Waals surface area (Å²) >= 11 is 0. The number of nitrogens with zero attached hydrogens (tertiary/aromatic N) is 1. The van der Waals surface area contributed by atoms with Gasteiger partial charge in [0, 0.05) is 11.9 Å². The zero-order valence-corrected chi connectivity index (χ0v) is 7.73. The minimum absolute atomic E-state index is 0.841. The standard InChI is InChI=1S/C10H14N2O/c1-13-12-8-4-6-9-5-2-3-7-10(9)11/h2-3,5,7-8H,4,6,11H2,1H3/b12-8+. The van der Waals surface area contributed by atoms with Gasteiger partial charge in [-0.2, -0.15) is 0 Å². The molecule has 0 bridgehead atoms. The number of benzene rings is 1. The number of nitrogens with two attached hydrogens (primary N) is 1. The minimum atomic E-state index is 0.841. The second-order valence-electron chi connectivity index (χ2n) is 2.71. The molecule has 0 fully saturated rings. The van der Waals surface area contributed by atoms with E-state index in [2.05, 4.69) is 9.99 Å². The van der Waals surface area contributed by atoms with Crippen molar-refractivity contribution in [1.82, 2.24) is 0 Å². The number of anilines is 1. The van der Waals surface area contributed by atoms with E-state index in [0.29, 0.717) is 0 Å². The molecule has 1 aromatic carbocycles. The van der Waals surface area contributed by atoms with Gasteiger partial charge in [0.2, 0.25) is 0 Å². The lowest BCUT2D eigenvalue weighted by Gasteiger charge is -2.01. The van der Waals surface area contributed by atoms with E-state index in [1.165, 1.54) is 7.11 Å². The third-order valence-corrected chi connectivity index (χ3v) is 1.78. The van der Waals surface area contributed by atoms with Crippen molar-refractivity contribution in [2.24, 2.45) is 5.16 Å². The van der Waals surface area contributed by atoms with Gasteiger partial charge in [-0.3, -0.25) is 0 Å². The number of rotatable bonds is 4. The summed E-state index contributed by atoms with van der Waals surface area (Å²) in [6.45, 7) is 0. The lowest BCUT2D eigenvalue weighted by molar-refractivity contribution is 0.214. The molecule has 0 aliphatic carbocycles. The number of hydrogen-bond acceptors (Lipinski definition) is 3. The normalized spacial score (nSPS) is 10.5. The quantitative estimate of drug-likeness (QED) is 0.434. The molecule has 13 heavy (non-hydrogen) atoms. The van der Waals surface area contributed by atoms with Gasteiger partial charge in [0.15, 0.2) is 0 Å². The van der Waals surface area contributed by atoms with Gasteiger partial charge in [0.25, 0.3) is 0 Å². The lowest BCUT2D eigenvalue weighted by Crippen LogP contribution is -1.94. The van der Waals surface area contributed by atoms with Crippen LogP contribution in [0.2, 0.25) is 0 Å². The van der Waals surface area contributed by atoms with Crippen molar-refractivity contribution in [3.8, 4) is 0 Å². The minimum Gasteiger partial charge on any atom is -0.399 e. The van der Waals surface area contributed by atoms with Gasteiger partial charge in [-0.1, -0.05) is 23.4 Å². The van der Waals surface area contributed by atoms with Gasteiger partial charge in [-0.05, 0) is 24.5 Å². The second-order valence-corrected chi connectivity index (χ2v) is 2.71. The molecule has 1 aromatic rings. The number of aryl methyl sites for hydroxylation is 1. The fourth-order valence-corrected chi connectivity index (χ4v) is 1.11. The van der Waals surface area contributed by atoms with Crippen molar-refractivity contribution < 1.29 is 4.84 Å². The van der Waals surface area contributed by atoms with Crippen LogP contribution in [-0.4, -0.2) is 13.3 Å². The molecular formula is C10H14N2O. The van der Waals surface area contributed by atoms with Gasteiger partial charge in [0.05, 0.1) is 0 Å². The van der Waals surface area contributed by atoms with Crippen LogP contribution in [0.15, 0.2) is 29.4 Å². The van der Waals surface area contributed by atoms with Crippen molar-refractivity contribution >= 4 is 11.9 Å². The highest BCUT2D eigenvalue weighted by Gasteiger charge is 1.95. The van der Waals surface area contributed by atoms with E-state index >= 15 is 0 Å². The Hall–Kier alpha value is -1.51. The van der Waals surface area contributed by atoms with E-state index in [-0.39, 0.29) is 0 Å². The predicted molar refractivity (Wildman–Crippen MR) is 54.7 cm³/mol. The molecule has 0 atom stereocenters. The highest BCUT2D eigenvalue weighted by molar-refractivity contribution is 5.58. The molecule has 3 heteroatoms. The van der Waals surface area contributed by atoms with E-state index in [1.54, 1.807) is 6.21 Å². The molecule has 0 amide bonds. The van der Waals surface area contributed by atoms with Gasteiger partial charge in [0.1, 0.15) is 7.11 Å². The third-order valence-electron chi connectivity index (χ3n) is 1.78. The summed E-state index contributed by atoms with van der Waals surface area (Å²) in [6, 6.07) is 7.85. The average Bonchev–Trinajstić information content (AvgIpc) is 2.15. The SMILES string of the molecule is CO/N=C/CCc1ccccc1N. The van der Waals surface area contributed by atoms with Crippen molar-refractivity contribution in [1.29, 1.82) is 0 Å². The summed E-state index contributed by atoms with van der Waals surface area (Å²) < 4.78 is 0. The Kier molecular flexibility index (Phi) is 3.82. The van der Waals surface area contributed by atoms with Crippen LogP contribution < -0.4 is 5.73 Å². The summed E-state index contributed by atoms with van der Waals surface area (Å²) in [5.74, 6) is 0. The summed E-state index contributed by atoms with van der Waals surface area (Å²) in [4.78, 5) is 4.55. The Morgan fingerprint density at radius 2 is 2.23 bits per heavy atom. The molecule has 70 valence electrons. The first-order chi connectivity index (χ1) is 6.34. The second kappa shape index (κ2) is 5.19. The molecule has 0 aliphatic rings.